The molecule has 0 bridgehead atoms. The number of para-hydroxylation sites is 1. The summed E-state index contributed by atoms with van der Waals surface area (Å²) in [5, 5.41) is 3.78. The average molecular weight is 410 g/mol. The Balaban J connectivity index is 1.61. The minimum atomic E-state index is -0.387. The number of carbonyl (C=O) groups excluding carboxylic acids is 2. The van der Waals surface area contributed by atoms with Crippen molar-refractivity contribution in [3.8, 4) is 11.3 Å². The Morgan fingerprint density at radius 1 is 0.935 bits per heavy atom. The first-order valence-electron chi connectivity index (χ1n) is 9.97. The smallest absolute Gasteiger partial charge is 0.337 e. The summed E-state index contributed by atoms with van der Waals surface area (Å²) in [7, 11) is 1.35. The van der Waals surface area contributed by atoms with Gasteiger partial charge in [0, 0.05) is 17.5 Å². The topological polar surface area (TPSA) is 68.3 Å². The zero-order chi connectivity index (χ0) is 21.8. The molecule has 0 unspecified atom stereocenters. The van der Waals surface area contributed by atoms with Gasteiger partial charge in [0.1, 0.15) is 0 Å². The van der Waals surface area contributed by atoms with Gasteiger partial charge < -0.3 is 10.1 Å². The van der Waals surface area contributed by atoms with Crippen LogP contribution in [0, 0.1) is 6.92 Å². The number of pyridine rings is 1. The van der Waals surface area contributed by atoms with Crippen LogP contribution in [-0.4, -0.2) is 24.0 Å². The Kier molecular flexibility index (Phi) is 5.76. The summed E-state index contributed by atoms with van der Waals surface area (Å²) in [6.45, 7) is 2.38. The largest absolute Gasteiger partial charge is 0.465 e. The van der Waals surface area contributed by atoms with Crippen molar-refractivity contribution >= 4 is 22.8 Å². The first kappa shape index (κ1) is 20.3. The van der Waals surface area contributed by atoms with Gasteiger partial charge in [-0.1, -0.05) is 60.2 Å². The summed E-state index contributed by atoms with van der Waals surface area (Å²) in [5.74, 6) is -0.563. The standard InChI is InChI=1S/C26H22N2O3/c1-17-7-11-19(12-8-17)24-15-22(21-5-3-4-6-23(21)28-24)25(29)27-16-18-9-13-20(14-10-18)26(30)31-2/h3-15H,16H2,1-2H3,(H,27,29). The van der Waals surface area contributed by atoms with E-state index in [1.165, 1.54) is 12.7 Å². The minimum Gasteiger partial charge on any atom is -0.465 e. The van der Waals surface area contributed by atoms with Gasteiger partial charge in [-0.3, -0.25) is 4.79 Å². The predicted octanol–water partition coefficient (Wildman–Crippen LogP) is 4.93. The quantitative estimate of drug-likeness (QED) is 0.474. The molecule has 0 saturated carbocycles. The second-order valence-electron chi connectivity index (χ2n) is 7.31. The molecule has 1 heterocycles. The third-order valence-electron chi connectivity index (χ3n) is 5.14. The fraction of sp³-hybridized carbons (Fsp3) is 0.115. The molecule has 0 atom stereocenters. The second-order valence-corrected chi connectivity index (χ2v) is 7.31. The lowest BCUT2D eigenvalue weighted by Gasteiger charge is -2.11. The number of fused-ring (bicyclic) bond motifs is 1. The van der Waals surface area contributed by atoms with E-state index in [0.717, 1.165) is 27.7 Å². The van der Waals surface area contributed by atoms with Crippen molar-refractivity contribution in [1.82, 2.24) is 10.3 Å². The molecule has 3 aromatic carbocycles. The molecule has 4 rings (SSSR count). The highest BCUT2D eigenvalue weighted by Gasteiger charge is 2.14. The molecule has 4 aromatic rings. The summed E-state index contributed by atoms with van der Waals surface area (Å²) in [6.07, 6.45) is 0. The molecule has 0 spiro atoms. The summed E-state index contributed by atoms with van der Waals surface area (Å²) in [4.78, 5) is 29.4. The summed E-state index contributed by atoms with van der Waals surface area (Å²) >= 11 is 0. The molecule has 0 aliphatic rings. The van der Waals surface area contributed by atoms with Crippen LogP contribution in [0.15, 0.2) is 78.9 Å². The number of esters is 1. The first-order valence-corrected chi connectivity index (χ1v) is 9.97. The van der Waals surface area contributed by atoms with Crippen LogP contribution in [0.5, 0.6) is 0 Å². The molecule has 0 saturated heterocycles. The van der Waals surface area contributed by atoms with E-state index in [1.54, 1.807) is 24.3 Å². The third-order valence-corrected chi connectivity index (χ3v) is 5.14. The van der Waals surface area contributed by atoms with E-state index in [2.05, 4.69) is 5.32 Å². The number of rotatable bonds is 5. The fourth-order valence-electron chi connectivity index (χ4n) is 3.39. The Hall–Kier alpha value is -3.99. The number of methoxy groups -OCH3 is 1. The summed E-state index contributed by atoms with van der Waals surface area (Å²) in [5.41, 5.74) is 5.59. The van der Waals surface area contributed by atoms with E-state index in [0.29, 0.717) is 17.7 Å². The van der Waals surface area contributed by atoms with Crippen LogP contribution < -0.4 is 5.32 Å². The van der Waals surface area contributed by atoms with E-state index in [1.807, 2.05) is 61.5 Å². The summed E-state index contributed by atoms with van der Waals surface area (Å²) < 4.78 is 4.71. The van der Waals surface area contributed by atoms with Gasteiger partial charge in [-0.25, -0.2) is 9.78 Å². The van der Waals surface area contributed by atoms with Crippen molar-refractivity contribution in [2.24, 2.45) is 0 Å². The van der Waals surface area contributed by atoms with Gasteiger partial charge in [0.25, 0.3) is 5.91 Å². The highest BCUT2D eigenvalue weighted by molar-refractivity contribution is 6.07. The number of hydrogen-bond donors (Lipinski definition) is 1. The molecule has 0 fully saturated rings. The predicted molar refractivity (Wildman–Crippen MR) is 121 cm³/mol. The molecule has 5 nitrogen and oxygen atoms in total. The number of ether oxygens (including phenoxy) is 1. The SMILES string of the molecule is COC(=O)c1ccc(CNC(=O)c2cc(-c3ccc(C)cc3)nc3ccccc23)cc1. The lowest BCUT2D eigenvalue weighted by molar-refractivity contribution is 0.0600. The van der Waals surface area contributed by atoms with E-state index >= 15 is 0 Å². The lowest BCUT2D eigenvalue weighted by atomic mass is 10.0. The maximum Gasteiger partial charge on any atom is 0.337 e. The highest BCUT2D eigenvalue weighted by atomic mass is 16.5. The number of carbonyl (C=O) groups is 2. The molecular formula is C26H22N2O3. The molecule has 1 amide bonds. The zero-order valence-electron chi connectivity index (χ0n) is 17.4. The zero-order valence-corrected chi connectivity index (χ0v) is 17.4. The van der Waals surface area contributed by atoms with E-state index in [4.69, 9.17) is 9.72 Å². The number of hydrogen-bond acceptors (Lipinski definition) is 4. The van der Waals surface area contributed by atoms with Crippen LogP contribution in [0.25, 0.3) is 22.2 Å². The number of nitrogens with zero attached hydrogens (tertiary/aromatic N) is 1. The van der Waals surface area contributed by atoms with Crippen molar-refractivity contribution in [2.75, 3.05) is 7.11 Å². The van der Waals surface area contributed by atoms with Gasteiger partial charge in [-0.05, 0) is 36.8 Å². The van der Waals surface area contributed by atoms with Crippen LogP contribution >= 0.6 is 0 Å². The Bertz CT molecular complexity index is 1250. The molecule has 31 heavy (non-hydrogen) atoms. The number of amides is 1. The Labute approximate surface area is 180 Å². The maximum atomic E-state index is 13.1. The second kappa shape index (κ2) is 8.79. The maximum absolute atomic E-state index is 13.1. The van der Waals surface area contributed by atoms with Gasteiger partial charge in [0.15, 0.2) is 0 Å². The fourth-order valence-corrected chi connectivity index (χ4v) is 3.39. The molecule has 5 heteroatoms. The van der Waals surface area contributed by atoms with Crippen LogP contribution in [0.4, 0.5) is 0 Å². The number of aryl methyl sites for hydroxylation is 1. The minimum absolute atomic E-state index is 0.177. The monoisotopic (exact) mass is 410 g/mol. The average Bonchev–Trinajstić information content (AvgIpc) is 2.82. The van der Waals surface area contributed by atoms with E-state index in [-0.39, 0.29) is 11.9 Å². The molecular weight excluding hydrogens is 388 g/mol. The van der Waals surface area contributed by atoms with Crippen molar-refractivity contribution < 1.29 is 14.3 Å². The van der Waals surface area contributed by atoms with Crippen LogP contribution in [0.3, 0.4) is 0 Å². The van der Waals surface area contributed by atoms with Crippen molar-refractivity contribution in [1.29, 1.82) is 0 Å². The lowest BCUT2D eigenvalue weighted by Crippen LogP contribution is -2.23. The summed E-state index contributed by atoms with van der Waals surface area (Å²) in [6, 6.07) is 24.5. The normalized spacial score (nSPS) is 10.6. The molecule has 0 radical (unpaired) electrons. The van der Waals surface area contributed by atoms with Gasteiger partial charge >= 0.3 is 5.97 Å². The first-order chi connectivity index (χ1) is 15.0. The highest BCUT2D eigenvalue weighted by Crippen LogP contribution is 2.25. The third kappa shape index (κ3) is 4.46. The van der Waals surface area contributed by atoms with Gasteiger partial charge in [0.05, 0.1) is 29.4 Å². The number of benzene rings is 3. The molecule has 0 aliphatic carbocycles. The van der Waals surface area contributed by atoms with Crippen LogP contribution in [0.1, 0.15) is 31.8 Å². The number of nitrogens with one attached hydrogen (secondary N) is 1. The van der Waals surface area contributed by atoms with Crippen LogP contribution in [-0.2, 0) is 11.3 Å². The molecule has 0 aliphatic heterocycles. The van der Waals surface area contributed by atoms with Crippen LogP contribution in [0.2, 0.25) is 0 Å². The molecule has 154 valence electrons. The van der Waals surface area contributed by atoms with E-state index in [9.17, 15) is 9.59 Å². The Morgan fingerprint density at radius 2 is 1.65 bits per heavy atom. The Morgan fingerprint density at radius 3 is 2.35 bits per heavy atom. The van der Waals surface area contributed by atoms with Gasteiger partial charge in [-0.15, -0.1) is 0 Å². The van der Waals surface area contributed by atoms with Crippen molar-refractivity contribution in [3.63, 3.8) is 0 Å². The van der Waals surface area contributed by atoms with E-state index < -0.39 is 0 Å². The van der Waals surface area contributed by atoms with Gasteiger partial charge in [-0.2, -0.15) is 0 Å². The molecule has 1 aromatic heterocycles. The van der Waals surface area contributed by atoms with Crippen molar-refractivity contribution in [3.05, 3.63) is 101 Å². The van der Waals surface area contributed by atoms with Gasteiger partial charge in [0.2, 0.25) is 0 Å². The molecule has 1 N–H and O–H groups in total. The van der Waals surface area contributed by atoms with Crippen molar-refractivity contribution in [2.45, 2.75) is 13.5 Å². The number of aromatic nitrogens is 1.